The van der Waals surface area contributed by atoms with Gasteiger partial charge in [-0.2, -0.15) is 10.2 Å². The summed E-state index contributed by atoms with van der Waals surface area (Å²) < 4.78 is 25.9. The number of nitriles is 1. The fourth-order valence-corrected chi connectivity index (χ4v) is 4.51. The van der Waals surface area contributed by atoms with Crippen molar-refractivity contribution in [3.8, 4) is 34.7 Å². The Morgan fingerprint density at radius 3 is 2.90 bits per heavy atom. The van der Waals surface area contributed by atoms with Gasteiger partial charge in [0.1, 0.15) is 11.8 Å². The lowest BCUT2D eigenvalue weighted by atomic mass is 10.0. The Morgan fingerprint density at radius 2 is 2.19 bits per heavy atom. The summed E-state index contributed by atoms with van der Waals surface area (Å²) in [6.45, 7) is 3.81. The van der Waals surface area contributed by atoms with E-state index in [-0.39, 0.29) is 12.1 Å². The molecule has 4 rings (SSSR count). The van der Waals surface area contributed by atoms with Crippen LogP contribution in [0.3, 0.4) is 0 Å². The number of rotatable bonds is 6. The highest BCUT2D eigenvalue weighted by Crippen LogP contribution is 2.37. The number of ether oxygens (including phenoxy) is 1. The Hall–Kier alpha value is -3.19. The minimum Gasteiger partial charge on any atom is -0.490 e. The Bertz CT molecular complexity index is 1270. The van der Waals surface area contributed by atoms with E-state index >= 15 is 0 Å². The summed E-state index contributed by atoms with van der Waals surface area (Å²) in [5.41, 5.74) is 3.96. The summed E-state index contributed by atoms with van der Waals surface area (Å²) in [5, 5.41) is 19.2. The molecule has 9 heteroatoms. The van der Waals surface area contributed by atoms with E-state index in [9.17, 15) is 9.47 Å². The normalized spacial score (nSPS) is 17.2. The maximum absolute atomic E-state index is 11.9. The van der Waals surface area contributed by atoms with E-state index in [1.54, 1.807) is 18.2 Å². The first kappa shape index (κ1) is 21.1. The van der Waals surface area contributed by atoms with Crippen LogP contribution in [0.5, 0.6) is 5.75 Å². The lowest BCUT2D eigenvalue weighted by molar-refractivity contribution is 0.241. The van der Waals surface area contributed by atoms with Gasteiger partial charge in [-0.1, -0.05) is 23.4 Å². The highest BCUT2D eigenvalue weighted by molar-refractivity contribution is 7.96. The van der Waals surface area contributed by atoms with Crippen LogP contribution in [0.4, 0.5) is 0 Å². The zero-order valence-corrected chi connectivity index (χ0v) is 18.1. The first-order valence-electron chi connectivity index (χ1n) is 9.84. The molecule has 1 aliphatic carbocycles. The zero-order valence-electron chi connectivity index (χ0n) is 17.3. The fraction of sp³-hybridized carbons (Fsp3) is 0.273. The molecule has 0 saturated carbocycles. The van der Waals surface area contributed by atoms with Crippen molar-refractivity contribution in [3.05, 3.63) is 53.1 Å². The van der Waals surface area contributed by atoms with E-state index in [0.717, 1.165) is 29.5 Å². The third kappa shape index (κ3) is 4.46. The van der Waals surface area contributed by atoms with E-state index in [1.807, 2.05) is 32.0 Å². The van der Waals surface area contributed by atoms with Crippen LogP contribution in [0, 0.1) is 11.3 Å². The molecule has 0 saturated heterocycles. The average Bonchev–Trinajstić information content (AvgIpc) is 3.34. The summed E-state index contributed by atoms with van der Waals surface area (Å²) in [4.78, 5) is 4.55. The highest BCUT2D eigenvalue weighted by atomic mass is 32.2. The van der Waals surface area contributed by atoms with Crippen LogP contribution in [0.15, 0.2) is 40.9 Å². The highest BCUT2D eigenvalue weighted by Gasteiger charge is 2.27. The number of nitrogens with one attached hydrogen (secondary N) is 1. The van der Waals surface area contributed by atoms with E-state index < -0.39 is 9.89 Å². The topological polar surface area (TPSA) is 127 Å². The zero-order chi connectivity index (χ0) is 22.2. The van der Waals surface area contributed by atoms with Gasteiger partial charge >= 0.3 is 0 Å². The molecule has 3 N–H and O–H groups in total. The molecule has 1 unspecified atom stereocenters. The van der Waals surface area contributed by atoms with Gasteiger partial charge in [-0.15, -0.1) is 0 Å². The van der Waals surface area contributed by atoms with E-state index in [2.05, 4.69) is 26.8 Å². The molecular weight excluding hydrogens is 414 g/mol. The molecule has 1 aromatic heterocycles. The molecule has 31 heavy (non-hydrogen) atoms. The van der Waals surface area contributed by atoms with Crippen molar-refractivity contribution < 1.29 is 13.5 Å². The van der Waals surface area contributed by atoms with Gasteiger partial charge in [-0.05, 0) is 61.9 Å². The second kappa shape index (κ2) is 8.15. The van der Waals surface area contributed by atoms with Crippen LogP contribution >= 0.6 is 0 Å². The minimum atomic E-state index is -2.81. The summed E-state index contributed by atoms with van der Waals surface area (Å²) in [7, 11) is -2.81. The quantitative estimate of drug-likeness (QED) is 0.570. The molecule has 160 valence electrons. The molecular formula is C22H23N5O3S. The van der Waals surface area contributed by atoms with E-state index in [0.29, 0.717) is 28.6 Å². The lowest BCUT2D eigenvalue weighted by Crippen LogP contribution is -2.33. The first-order chi connectivity index (χ1) is 14.7. The van der Waals surface area contributed by atoms with Gasteiger partial charge in [0, 0.05) is 17.2 Å². The molecule has 0 radical (unpaired) electrons. The van der Waals surface area contributed by atoms with E-state index in [4.69, 9.17) is 14.4 Å². The van der Waals surface area contributed by atoms with Crippen molar-refractivity contribution >= 4 is 15.8 Å². The lowest BCUT2D eigenvalue weighted by Gasteiger charge is -2.15. The van der Waals surface area contributed by atoms with Crippen LogP contribution in [0.1, 0.15) is 43.0 Å². The monoisotopic (exact) mass is 437 g/mol. The molecule has 8 nitrogen and oxygen atoms in total. The Balaban J connectivity index is 1.66. The molecule has 1 heterocycles. The molecule has 0 spiro atoms. The van der Waals surface area contributed by atoms with Crippen LogP contribution in [0.2, 0.25) is 0 Å². The van der Waals surface area contributed by atoms with Crippen molar-refractivity contribution in [2.24, 2.45) is 5.14 Å². The standard InChI is InChI=1S/C22H23N5O3S/c1-13(2)29-20-10-7-14(11-15(20)12-23)22-25-21(26-30-22)18-6-4-5-17-16(18)8-9-19(17)27-31(3,24)28/h4-7,10-11,13,19H,3,8-9H2,1-2H3,(H3,24,27,28)/t19-,31?/m0/s1. The summed E-state index contributed by atoms with van der Waals surface area (Å²) >= 11 is 0. The predicted molar refractivity (Wildman–Crippen MR) is 119 cm³/mol. The van der Waals surface area contributed by atoms with Crippen molar-refractivity contribution in [3.63, 3.8) is 0 Å². The van der Waals surface area contributed by atoms with Gasteiger partial charge in [0.15, 0.2) is 0 Å². The van der Waals surface area contributed by atoms with Crippen molar-refractivity contribution in [2.45, 2.75) is 38.8 Å². The molecule has 0 bridgehead atoms. The first-order valence-corrected chi connectivity index (χ1v) is 11.6. The molecule has 2 aromatic carbocycles. The number of nitrogens with two attached hydrogens (primary N) is 1. The molecule has 0 fully saturated rings. The summed E-state index contributed by atoms with van der Waals surface area (Å²) in [6, 6.07) is 13.0. The Labute approximate surface area is 181 Å². The Morgan fingerprint density at radius 1 is 1.39 bits per heavy atom. The average molecular weight is 438 g/mol. The number of fused-ring (bicyclic) bond motifs is 1. The van der Waals surface area contributed by atoms with Gasteiger partial charge in [0.25, 0.3) is 5.89 Å². The minimum absolute atomic E-state index is 0.0393. The summed E-state index contributed by atoms with van der Waals surface area (Å²) in [6.07, 6.45) is 1.48. The van der Waals surface area contributed by atoms with Crippen molar-refractivity contribution in [1.29, 1.82) is 5.26 Å². The van der Waals surface area contributed by atoms with Crippen molar-refractivity contribution in [2.75, 3.05) is 0 Å². The van der Waals surface area contributed by atoms with Crippen LogP contribution < -0.4 is 14.6 Å². The van der Waals surface area contributed by atoms with Crippen LogP contribution in [0.25, 0.3) is 22.8 Å². The third-order valence-corrected chi connectivity index (χ3v) is 5.67. The SMILES string of the molecule is C=S(N)(=O)N[C@H]1CCc2c(-c3noc(-c4ccc(OC(C)C)c(C#N)c4)n3)cccc21. The molecule has 1 aliphatic rings. The van der Waals surface area contributed by atoms with Crippen molar-refractivity contribution in [1.82, 2.24) is 14.9 Å². The number of nitrogens with zero attached hydrogens (tertiary/aromatic N) is 3. The van der Waals surface area contributed by atoms with Gasteiger partial charge in [0.2, 0.25) is 5.82 Å². The third-order valence-electron chi connectivity index (χ3n) is 4.99. The molecule has 3 aromatic rings. The fourth-order valence-electron chi connectivity index (χ4n) is 3.78. The van der Waals surface area contributed by atoms with E-state index in [1.165, 1.54) is 0 Å². The van der Waals surface area contributed by atoms with Gasteiger partial charge in [-0.3, -0.25) is 0 Å². The second-order valence-electron chi connectivity index (χ2n) is 7.72. The van der Waals surface area contributed by atoms with Gasteiger partial charge < -0.3 is 9.26 Å². The number of hydrogen-bond acceptors (Lipinski definition) is 6. The number of benzene rings is 2. The van der Waals surface area contributed by atoms with Crippen LogP contribution in [-0.4, -0.2) is 26.3 Å². The predicted octanol–water partition coefficient (Wildman–Crippen LogP) is 3.14. The molecule has 0 amide bonds. The second-order valence-corrected chi connectivity index (χ2v) is 9.41. The smallest absolute Gasteiger partial charge is 0.258 e. The number of aromatic nitrogens is 2. The number of hydrogen-bond donors (Lipinski definition) is 2. The summed E-state index contributed by atoms with van der Waals surface area (Å²) in [5.74, 6) is 4.77. The maximum atomic E-state index is 11.9. The van der Waals surface area contributed by atoms with Crippen LogP contribution in [-0.2, 0) is 16.3 Å². The molecule has 0 aliphatic heterocycles. The van der Waals surface area contributed by atoms with Gasteiger partial charge in [-0.25, -0.2) is 14.1 Å². The Kier molecular flexibility index (Phi) is 5.54. The largest absolute Gasteiger partial charge is 0.490 e. The van der Waals surface area contributed by atoms with Gasteiger partial charge in [0.05, 0.1) is 21.6 Å². The maximum Gasteiger partial charge on any atom is 0.258 e. The molecule has 2 atom stereocenters.